The number of hydrogen-bond donors (Lipinski definition) is 1. The smallest absolute Gasteiger partial charge is 0.0139 e. The first kappa shape index (κ1) is 12.7. The standard InChI is InChI=1S/C13H26N2/c1-11(2)5-8-14-13-6-9-15(10-7-13)12(3)4/h5,12-14H,6-10H2,1-4H3. The van der Waals surface area contributed by atoms with Gasteiger partial charge in [-0.3, -0.25) is 0 Å². The Morgan fingerprint density at radius 2 is 1.93 bits per heavy atom. The number of nitrogens with one attached hydrogen (secondary N) is 1. The minimum Gasteiger partial charge on any atom is -0.310 e. The van der Waals surface area contributed by atoms with E-state index in [1.54, 1.807) is 0 Å². The van der Waals surface area contributed by atoms with E-state index in [-0.39, 0.29) is 0 Å². The third-order valence-corrected chi connectivity index (χ3v) is 3.18. The molecule has 0 unspecified atom stereocenters. The molecule has 1 rings (SSSR count). The van der Waals surface area contributed by atoms with Crippen LogP contribution in [0, 0.1) is 0 Å². The summed E-state index contributed by atoms with van der Waals surface area (Å²) in [6.45, 7) is 12.4. The molecule has 15 heavy (non-hydrogen) atoms. The molecule has 0 bridgehead atoms. The van der Waals surface area contributed by atoms with Gasteiger partial charge in [0.25, 0.3) is 0 Å². The fourth-order valence-corrected chi connectivity index (χ4v) is 2.05. The van der Waals surface area contributed by atoms with Crippen molar-refractivity contribution in [3.05, 3.63) is 11.6 Å². The van der Waals surface area contributed by atoms with Crippen molar-refractivity contribution in [3.63, 3.8) is 0 Å². The van der Waals surface area contributed by atoms with Gasteiger partial charge in [0, 0.05) is 18.6 Å². The van der Waals surface area contributed by atoms with Crippen LogP contribution in [0.5, 0.6) is 0 Å². The number of piperidine rings is 1. The van der Waals surface area contributed by atoms with Crippen molar-refractivity contribution in [2.24, 2.45) is 0 Å². The van der Waals surface area contributed by atoms with Gasteiger partial charge in [-0.25, -0.2) is 0 Å². The Morgan fingerprint density at radius 1 is 1.33 bits per heavy atom. The summed E-state index contributed by atoms with van der Waals surface area (Å²) in [5.41, 5.74) is 1.40. The summed E-state index contributed by atoms with van der Waals surface area (Å²) < 4.78 is 0. The zero-order valence-corrected chi connectivity index (χ0v) is 10.7. The molecule has 0 aromatic rings. The second-order valence-corrected chi connectivity index (χ2v) is 5.09. The summed E-state index contributed by atoms with van der Waals surface area (Å²) in [5, 5.41) is 3.61. The fourth-order valence-electron chi connectivity index (χ4n) is 2.05. The molecule has 0 amide bonds. The molecule has 1 fully saturated rings. The monoisotopic (exact) mass is 210 g/mol. The SMILES string of the molecule is CC(C)=CCNC1CCN(C(C)C)CC1. The average Bonchev–Trinajstić information content (AvgIpc) is 2.18. The lowest BCUT2D eigenvalue weighted by Crippen LogP contribution is -2.45. The first-order valence-corrected chi connectivity index (χ1v) is 6.20. The van der Waals surface area contributed by atoms with Gasteiger partial charge in [-0.05, 0) is 53.6 Å². The van der Waals surface area contributed by atoms with Crippen LogP contribution in [-0.4, -0.2) is 36.6 Å². The quantitative estimate of drug-likeness (QED) is 0.717. The predicted molar refractivity (Wildman–Crippen MR) is 67.2 cm³/mol. The molecule has 0 saturated carbocycles. The highest BCUT2D eigenvalue weighted by molar-refractivity contribution is 4.95. The molecule has 0 radical (unpaired) electrons. The minimum atomic E-state index is 0.712. The molecule has 0 spiro atoms. The highest BCUT2D eigenvalue weighted by Gasteiger charge is 2.19. The molecular formula is C13H26N2. The number of nitrogens with zero attached hydrogens (tertiary/aromatic N) is 1. The largest absolute Gasteiger partial charge is 0.310 e. The van der Waals surface area contributed by atoms with Crippen molar-refractivity contribution < 1.29 is 0 Å². The van der Waals surface area contributed by atoms with Crippen LogP contribution in [0.15, 0.2) is 11.6 Å². The Bertz CT molecular complexity index is 197. The number of hydrogen-bond acceptors (Lipinski definition) is 2. The van der Waals surface area contributed by atoms with Crippen LogP contribution in [0.25, 0.3) is 0 Å². The topological polar surface area (TPSA) is 15.3 Å². The molecule has 0 aromatic carbocycles. The summed E-state index contributed by atoms with van der Waals surface area (Å²) in [5.74, 6) is 0. The van der Waals surface area contributed by atoms with E-state index in [1.165, 1.54) is 31.5 Å². The van der Waals surface area contributed by atoms with Gasteiger partial charge in [0.2, 0.25) is 0 Å². The molecule has 0 atom stereocenters. The Kier molecular flexibility index (Phi) is 5.34. The maximum Gasteiger partial charge on any atom is 0.0139 e. The lowest BCUT2D eigenvalue weighted by molar-refractivity contribution is 0.163. The average molecular weight is 210 g/mol. The van der Waals surface area contributed by atoms with E-state index in [2.05, 4.69) is 44.0 Å². The molecule has 1 heterocycles. The summed E-state index contributed by atoms with van der Waals surface area (Å²) in [6.07, 6.45) is 4.87. The maximum atomic E-state index is 3.61. The molecule has 88 valence electrons. The number of allylic oxidation sites excluding steroid dienone is 1. The lowest BCUT2D eigenvalue weighted by atomic mass is 10.0. The molecule has 2 heteroatoms. The molecule has 0 aliphatic carbocycles. The second kappa shape index (κ2) is 6.29. The third kappa shape index (κ3) is 4.80. The molecular weight excluding hydrogens is 184 g/mol. The van der Waals surface area contributed by atoms with Gasteiger partial charge in [-0.1, -0.05) is 11.6 Å². The number of likely N-dealkylation sites (tertiary alicyclic amines) is 1. The summed E-state index contributed by atoms with van der Waals surface area (Å²) in [7, 11) is 0. The van der Waals surface area contributed by atoms with Gasteiger partial charge in [0.1, 0.15) is 0 Å². The van der Waals surface area contributed by atoms with Gasteiger partial charge in [0.05, 0.1) is 0 Å². The van der Waals surface area contributed by atoms with Crippen LogP contribution in [0.4, 0.5) is 0 Å². The van der Waals surface area contributed by atoms with Crippen LogP contribution < -0.4 is 5.32 Å². The van der Waals surface area contributed by atoms with Gasteiger partial charge >= 0.3 is 0 Å². The van der Waals surface area contributed by atoms with E-state index in [0.29, 0.717) is 6.04 Å². The van der Waals surface area contributed by atoms with Gasteiger partial charge in [0.15, 0.2) is 0 Å². The highest BCUT2D eigenvalue weighted by atomic mass is 15.2. The minimum absolute atomic E-state index is 0.712. The Labute approximate surface area is 94.7 Å². The normalized spacial score (nSPS) is 19.5. The highest BCUT2D eigenvalue weighted by Crippen LogP contribution is 2.12. The van der Waals surface area contributed by atoms with Crippen molar-refractivity contribution in [1.29, 1.82) is 0 Å². The second-order valence-electron chi connectivity index (χ2n) is 5.09. The first-order valence-electron chi connectivity index (χ1n) is 6.20. The Hall–Kier alpha value is -0.340. The third-order valence-electron chi connectivity index (χ3n) is 3.18. The lowest BCUT2D eigenvalue weighted by Gasteiger charge is -2.34. The van der Waals surface area contributed by atoms with Crippen LogP contribution in [0.3, 0.4) is 0 Å². The van der Waals surface area contributed by atoms with E-state index in [0.717, 1.165) is 12.6 Å². The van der Waals surface area contributed by atoms with Crippen LogP contribution in [0.2, 0.25) is 0 Å². The number of rotatable bonds is 4. The summed E-state index contributed by atoms with van der Waals surface area (Å²) in [6, 6.07) is 1.44. The van der Waals surface area contributed by atoms with Crippen LogP contribution in [0.1, 0.15) is 40.5 Å². The Balaban J connectivity index is 2.17. The molecule has 0 aromatic heterocycles. The van der Waals surface area contributed by atoms with Crippen molar-refractivity contribution in [3.8, 4) is 0 Å². The van der Waals surface area contributed by atoms with E-state index in [9.17, 15) is 0 Å². The molecule has 1 saturated heterocycles. The van der Waals surface area contributed by atoms with E-state index < -0.39 is 0 Å². The van der Waals surface area contributed by atoms with Crippen molar-refractivity contribution in [2.75, 3.05) is 19.6 Å². The van der Waals surface area contributed by atoms with Crippen molar-refractivity contribution >= 4 is 0 Å². The molecule has 2 nitrogen and oxygen atoms in total. The summed E-state index contributed by atoms with van der Waals surface area (Å²) in [4.78, 5) is 2.57. The van der Waals surface area contributed by atoms with Crippen LogP contribution in [-0.2, 0) is 0 Å². The van der Waals surface area contributed by atoms with Gasteiger partial charge in [-0.15, -0.1) is 0 Å². The zero-order valence-electron chi connectivity index (χ0n) is 10.7. The van der Waals surface area contributed by atoms with Crippen molar-refractivity contribution in [2.45, 2.75) is 52.6 Å². The van der Waals surface area contributed by atoms with Gasteiger partial charge in [-0.2, -0.15) is 0 Å². The van der Waals surface area contributed by atoms with E-state index in [4.69, 9.17) is 0 Å². The first-order chi connectivity index (χ1) is 7.09. The predicted octanol–water partition coefficient (Wildman–Crippen LogP) is 2.42. The van der Waals surface area contributed by atoms with E-state index >= 15 is 0 Å². The van der Waals surface area contributed by atoms with Crippen LogP contribution >= 0.6 is 0 Å². The molecule has 1 N–H and O–H groups in total. The van der Waals surface area contributed by atoms with Crippen molar-refractivity contribution in [1.82, 2.24) is 10.2 Å². The van der Waals surface area contributed by atoms with E-state index in [1.807, 2.05) is 0 Å². The summed E-state index contributed by atoms with van der Waals surface area (Å²) >= 11 is 0. The Morgan fingerprint density at radius 3 is 2.40 bits per heavy atom. The molecule has 1 aliphatic heterocycles. The molecule has 1 aliphatic rings. The zero-order chi connectivity index (χ0) is 11.3. The van der Waals surface area contributed by atoms with Gasteiger partial charge < -0.3 is 10.2 Å². The maximum absolute atomic E-state index is 3.61. The fraction of sp³-hybridized carbons (Fsp3) is 0.846.